The Morgan fingerprint density at radius 2 is 1.79 bits per heavy atom. The molecule has 4 N–H and O–H groups in total. The van der Waals surface area contributed by atoms with Crippen molar-refractivity contribution >= 4 is 5.78 Å². The Kier molecular flexibility index (Phi) is 7.37. The third-order valence-electron chi connectivity index (χ3n) is 10.4. The zero-order chi connectivity index (χ0) is 23.4. The average molecular weight is 488 g/mol. The van der Waals surface area contributed by atoms with Crippen LogP contribution in [0.1, 0.15) is 77.4 Å². The molecule has 188 valence electrons. The van der Waals surface area contributed by atoms with E-state index in [2.05, 4.69) is 32.2 Å². The highest BCUT2D eigenvalue weighted by Crippen LogP contribution is 2.64. The van der Waals surface area contributed by atoms with Crippen LogP contribution in [0.2, 0.25) is 0 Å². The van der Waals surface area contributed by atoms with Gasteiger partial charge in [-0.2, -0.15) is 0 Å². The number of carbonyl (C=O) groups excluding carboxylic acids is 1. The molecule has 0 aromatic heterocycles. The van der Waals surface area contributed by atoms with Crippen LogP contribution in [0, 0.1) is 34.5 Å². The number of carbonyl (C=O) groups is 1. The lowest BCUT2D eigenvalue weighted by atomic mass is 9.48. The van der Waals surface area contributed by atoms with Gasteiger partial charge in [-0.05, 0) is 80.6 Å². The van der Waals surface area contributed by atoms with Gasteiger partial charge in [0.25, 0.3) is 0 Å². The lowest BCUT2D eigenvalue weighted by molar-refractivity contribution is -0.697. The molecule has 0 radical (unpaired) electrons. The summed E-state index contributed by atoms with van der Waals surface area (Å²) in [6.07, 6.45) is 8.84. The van der Waals surface area contributed by atoms with Crippen molar-refractivity contribution in [3.63, 3.8) is 0 Å². The van der Waals surface area contributed by atoms with E-state index < -0.39 is 6.10 Å². The smallest absolute Gasteiger partial charge is 0.147 e. The number of ketones is 1. The fourth-order valence-corrected chi connectivity index (χ4v) is 8.25. The lowest BCUT2D eigenvalue weighted by Gasteiger charge is -2.56. The first-order valence-corrected chi connectivity index (χ1v) is 13.2. The number of fused-ring (bicyclic) bond motifs is 5. The summed E-state index contributed by atoms with van der Waals surface area (Å²) in [5.74, 6) is 2.28. The van der Waals surface area contributed by atoms with Crippen molar-refractivity contribution in [2.24, 2.45) is 34.5 Å². The molecule has 9 atom stereocenters. The SMILES string of the molecule is CC([NH2+]CC1CC2C3CC=C4CC(O)CCC4(C)C3CCC2(C)C1=O)C(O)c1ccccc1.[Cl-]. The molecule has 0 heterocycles. The maximum Gasteiger partial charge on any atom is 0.147 e. The van der Waals surface area contributed by atoms with Gasteiger partial charge in [-0.15, -0.1) is 0 Å². The van der Waals surface area contributed by atoms with Crippen molar-refractivity contribution in [2.45, 2.75) is 84.0 Å². The number of hydrogen-bond donors (Lipinski definition) is 3. The summed E-state index contributed by atoms with van der Waals surface area (Å²) in [6.45, 7) is 7.54. The molecule has 0 saturated heterocycles. The molecule has 4 aliphatic carbocycles. The highest BCUT2D eigenvalue weighted by atomic mass is 35.5. The fraction of sp³-hybridized carbons (Fsp3) is 0.690. The topological polar surface area (TPSA) is 74.1 Å². The Bertz CT molecular complexity index is 919. The van der Waals surface area contributed by atoms with Gasteiger partial charge >= 0.3 is 0 Å². The molecule has 4 nitrogen and oxygen atoms in total. The van der Waals surface area contributed by atoms with Gasteiger partial charge in [0.05, 0.1) is 18.6 Å². The number of allylic oxidation sites excluding steroid dienone is 1. The third-order valence-corrected chi connectivity index (χ3v) is 10.4. The molecule has 0 bridgehead atoms. The molecule has 34 heavy (non-hydrogen) atoms. The number of nitrogens with two attached hydrogens (primary N) is 1. The summed E-state index contributed by atoms with van der Waals surface area (Å²) >= 11 is 0. The van der Waals surface area contributed by atoms with Crippen LogP contribution in [0.15, 0.2) is 42.0 Å². The molecular formula is C29H42ClNO3. The maximum absolute atomic E-state index is 13.7. The van der Waals surface area contributed by atoms with Gasteiger partial charge in [0.1, 0.15) is 17.9 Å². The number of quaternary nitrogens is 1. The van der Waals surface area contributed by atoms with Gasteiger partial charge < -0.3 is 27.9 Å². The number of halogens is 1. The van der Waals surface area contributed by atoms with Crippen LogP contribution >= 0.6 is 0 Å². The Labute approximate surface area is 211 Å². The highest BCUT2D eigenvalue weighted by molar-refractivity contribution is 5.89. The van der Waals surface area contributed by atoms with Crippen molar-refractivity contribution in [2.75, 3.05) is 6.54 Å². The highest BCUT2D eigenvalue weighted by Gasteiger charge is 2.61. The zero-order valence-electron chi connectivity index (χ0n) is 20.9. The molecule has 1 aromatic carbocycles. The maximum atomic E-state index is 13.7. The van der Waals surface area contributed by atoms with E-state index >= 15 is 0 Å². The number of benzene rings is 1. The van der Waals surface area contributed by atoms with Crippen LogP contribution in [-0.4, -0.2) is 34.7 Å². The average Bonchev–Trinajstić information content (AvgIpc) is 3.08. The van der Waals surface area contributed by atoms with Gasteiger partial charge in [0.15, 0.2) is 0 Å². The van der Waals surface area contributed by atoms with Crippen molar-refractivity contribution in [1.82, 2.24) is 0 Å². The summed E-state index contributed by atoms with van der Waals surface area (Å²) in [7, 11) is 0. The Morgan fingerprint density at radius 1 is 1.09 bits per heavy atom. The summed E-state index contributed by atoms with van der Waals surface area (Å²) in [5, 5.41) is 23.2. The van der Waals surface area contributed by atoms with E-state index in [1.54, 1.807) is 0 Å². The Balaban J connectivity index is 0.00000274. The van der Waals surface area contributed by atoms with Crippen LogP contribution in [0.5, 0.6) is 0 Å². The van der Waals surface area contributed by atoms with Gasteiger partial charge in [-0.1, -0.05) is 55.8 Å². The molecule has 5 heteroatoms. The molecule has 0 spiro atoms. The van der Waals surface area contributed by atoms with Gasteiger partial charge in [0, 0.05) is 5.41 Å². The van der Waals surface area contributed by atoms with Crippen LogP contribution in [-0.2, 0) is 4.79 Å². The van der Waals surface area contributed by atoms with E-state index in [1.165, 1.54) is 5.57 Å². The standard InChI is InChI=1S/C29H41NO3.ClH/c1-18(26(32)19-7-5-4-6-8-19)30-17-20-15-25-23-10-9-21-16-22(31)11-13-28(21,2)24(23)12-14-29(25,3)27(20)33;/h4-9,18,20,22-26,30-32H,10-17H2,1-3H3;1H. The minimum absolute atomic E-state index is 0. The summed E-state index contributed by atoms with van der Waals surface area (Å²) in [6, 6.07) is 9.87. The fourth-order valence-electron chi connectivity index (χ4n) is 8.25. The number of Topliss-reactive ketones (excluding diaryl/α,β-unsaturated/α-hetero) is 1. The van der Waals surface area contributed by atoms with Crippen LogP contribution in [0.25, 0.3) is 0 Å². The Hall–Kier alpha value is -1.20. The van der Waals surface area contributed by atoms with Crippen molar-refractivity contribution < 1.29 is 32.7 Å². The molecule has 9 unspecified atom stereocenters. The first-order valence-electron chi connectivity index (χ1n) is 13.2. The van der Waals surface area contributed by atoms with Gasteiger partial charge in [-0.3, -0.25) is 4.79 Å². The normalized spacial score (nSPS) is 40.8. The van der Waals surface area contributed by atoms with Gasteiger partial charge in [-0.25, -0.2) is 0 Å². The van der Waals surface area contributed by atoms with E-state index in [4.69, 9.17) is 0 Å². The second kappa shape index (κ2) is 9.69. The number of aliphatic hydroxyl groups excluding tert-OH is 2. The van der Waals surface area contributed by atoms with Gasteiger partial charge in [0.2, 0.25) is 0 Å². The minimum atomic E-state index is -0.520. The third kappa shape index (κ3) is 4.19. The first-order chi connectivity index (χ1) is 15.7. The first kappa shape index (κ1) is 25.9. The van der Waals surface area contributed by atoms with E-state index in [0.717, 1.165) is 57.1 Å². The molecule has 4 aliphatic rings. The predicted molar refractivity (Wildman–Crippen MR) is 129 cm³/mol. The van der Waals surface area contributed by atoms with E-state index in [-0.39, 0.29) is 41.3 Å². The molecule has 0 amide bonds. The number of hydrogen-bond acceptors (Lipinski definition) is 3. The molecule has 1 aromatic rings. The second-order valence-corrected chi connectivity index (χ2v) is 12.1. The molecular weight excluding hydrogens is 446 g/mol. The number of rotatable bonds is 5. The van der Waals surface area contributed by atoms with E-state index in [0.29, 0.717) is 23.5 Å². The molecule has 0 aliphatic heterocycles. The molecule has 5 rings (SSSR count). The predicted octanol–water partition coefficient (Wildman–Crippen LogP) is 0.795. The van der Waals surface area contributed by atoms with Crippen molar-refractivity contribution in [3.05, 3.63) is 47.5 Å². The Morgan fingerprint density at radius 3 is 2.53 bits per heavy atom. The molecule has 3 saturated carbocycles. The largest absolute Gasteiger partial charge is 1.00 e. The monoisotopic (exact) mass is 487 g/mol. The molecule has 3 fully saturated rings. The van der Waals surface area contributed by atoms with Crippen LogP contribution < -0.4 is 17.7 Å². The summed E-state index contributed by atoms with van der Waals surface area (Å²) in [4.78, 5) is 13.7. The van der Waals surface area contributed by atoms with E-state index in [1.807, 2.05) is 30.3 Å². The minimum Gasteiger partial charge on any atom is -1.00 e. The van der Waals surface area contributed by atoms with Crippen LogP contribution in [0.4, 0.5) is 0 Å². The quantitative estimate of drug-likeness (QED) is 0.538. The number of aliphatic hydroxyl groups is 2. The zero-order valence-corrected chi connectivity index (χ0v) is 21.7. The second-order valence-electron chi connectivity index (χ2n) is 12.1. The van der Waals surface area contributed by atoms with E-state index in [9.17, 15) is 15.0 Å². The summed E-state index contributed by atoms with van der Waals surface area (Å²) < 4.78 is 0. The lowest BCUT2D eigenvalue weighted by Crippen LogP contribution is -3.00. The van der Waals surface area contributed by atoms with Crippen LogP contribution in [0.3, 0.4) is 0 Å². The summed E-state index contributed by atoms with van der Waals surface area (Å²) in [5.41, 5.74) is 2.46. The van der Waals surface area contributed by atoms with Crippen molar-refractivity contribution in [1.29, 1.82) is 0 Å². The van der Waals surface area contributed by atoms with Crippen molar-refractivity contribution in [3.8, 4) is 0 Å².